The smallest absolute Gasteiger partial charge is 0.229 e. The van der Waals surface area contributed by atoms with E-state index in [1.165, 1.54) is 6.08 Å². The SMILES string of the molecule is Cc1ccc(OC2=CC(=O)c3ccccc3C2=O)cc1Br. The van der Waals surface area contributed by atoms with Crippen molar-refractivity contribution in [1.82, 2.24) is 0 Å². The summed E-state index contributed by atoms with van der Waals surface area (Å²) < 4.78 is 6.48. The van der Waals surface area contributed by atoms with E-state index in [4.69, 9.17) is 4.74 Å². The zero-order valence-corrected chi connectivity index (χ0v) is 12.8. The van der Waals surface area contributed by atoms with Gasteiger partial charge in [0.2, 0.25) is 5.78 Å². The lowest BCUT2D eigenvalue weighted by Gasteiger charge is -2.15. The first-order chi connectivity index (χ1) is 10.1. The number of aryl methyl sites for hydroxylation is 1. The standard InChI is InChI=1S/C17H11BrO3/c1-10-6-7-11(8-14(10)18)21-16-9-15(19)12-4-2-3-5-13(12)17(16)20/h2-9H,1H3. The Labute approximate surface area is 130 Å². The third-order valence-electron chi connectivity index (χ3n) is 3.29. The minimum Gasteiger partial charge on any atom is -0.453 e. The van der Waals surface area contributed by atoms with Crippen LogP contribution in [0.4, 0.5) is 0 Å². The fourth-order valence-corrected chi connectivity index (χ4v) is 2.49. The normalized spacial score (nSPS) is 13.7. The summed E-state index contributed by atoms with van der Waals surface area (Å²) in [5, 5.41) is 0. The highest BCUT2D eigenvalue weighted by molar-refractivity contribution is 9.10. The summed E-state index contributed by atoms with van der Waals surface area (Å²) in [7, 11) is 0. The highest BCUT2D eigenvalue weighted by Gasteiger charge is 2.26. The molecule has 3 nitrogen and oxygen atoms in total. The lowest BCUT2D eigenvalue weighted by molar-refractivity contribution is 0.0947. The molecule has 2 aromatic rings. The predicted molar refractivity (Wildman–Crippen MR) is 82.7 cm³/mol. The molecular formula is C17H11BrO3. The molecule has 0 spiro atoms. The van der Waals surface area contributed by atoms with Gasteiger partial charge in [0.1, 0.15) is 5.75 Å². The molecule has 21 heavy (non-hydrogen) atoms. The minimum absolute atomic E-state index is 0.0504. The van der Waals surface area contributed by atoms with Crippen LogP contribution in [-0.4, -0.2) is 11.6 Å². The summed E-state index contributed by atoms with van der Waals surface area (Å²) in [6.07, 6.45) is 1.25. The van der Waals surface area contributed by atoms with Gasteiger partial charge in [0.05, 0.1) is 0 Å². The molecule has 4 heteroatoms. The number of benzene rings is 2. The van der Waals surface area contributed by atoms with Gasteiger partial charge in [0.15, 0.2) is 11.5 Å². The van der Waals surface area contributed by atoms with Gasteiger partial charge in [-0.1, -0.05) is 46.3 Å². The molecule has 0 fully saturated rings. The van der Waals surface area contributed by atoms with Crippen molar-refractivity contribution >= 4 is 27.5 Å². The Balaban J connectivity index is 1.95. The number of halogens is 1. The molecule has 0 saturated heterocycles. The average Bonchev–Trinajstić information content (AvgIpc) is 2.48. The molecule has 1 aliphatic carbocycles. The molecule has 0 bridgehead atoms. The van der Waals surface area contributed by atoms with Gasteiger partial charge in [-0.05, 0) is 24.6 Å². The zero-order valence-electron chi connectivity index (χ0n) is 11.2. The van der Waals surface area contributed by atoms with Crippen LogP contribution in [0.25, 0.3) is 0 Å². The Hall–Kier alpha value is -2.20. The number of Topliss-reactive ketones (excluding diaryl/α,β-unsaturated/α-hetero) is 1. The molecule has 2 aromatic carbocycles. The maximum Gasteiger partial charge on any atom is 0.229 e. The van der Waals surface area contributed by atoms with Crippen LogP contribution in [0, 0.1) is 6.92 Å². The van der Waals surface area contributed by atoms with Crippen molar-refractivity contribution in [2.45, 2.75) is 6.92 Å². The molecule has 0 amide bonds. The zero-order chi connectivity index (χ0) is 15.0. The second kappa shape index (κ2) is 5.30. The van der Waals surface area contributed by atoms with E-state index in [-0.39, 0.29) is 17.3 Å². The lowest BCUT2D eigenvalue weighted by atomic mass is 9.94. The highest BCUT2D eigenvalue weighted by atomic mass is 79.9. The van der Waals surface area contributed by atoms with E-state index in [0.717, 1.165) is 10.0 Å². The number of hydrogen-bond acceptors (Lipinski definition) is 3. The second-order valence-electron chi connectivity index (χ2n) is 4.76. The maximum atomic E-state index is 12.4. The molecule has 0 atom stereocenters. The Morgan fingerprint density at radius 2 is 1.71 bits per heavy atom. The van der Waals surface area contributed by atoms with E-state index in [1.807, 2.05) is 13.0 Å². The van der Waals surface area contributed by atoms with Crippen LogP contribution in [0.1, 0.15) is 26.3 Å². The molecule has 0 saturated carbocycles. The van der Waals surface area contributed by atoms with Crippen molar-refractivity contribution in [1.29, 1.82) is 0 Å². The molecule has 0 radical (unpaired) electrons. The van der Waals surface area contributed by atoms with Crippen LogP contribution in [0.5, 0.6) is 5.75 Å². The minimum atomic E-state index is -0.276. The van der Waals surface area contributed by atoms with Crippen LogP contribution in [-0.2, 0) is 0 Å². The van der Waals surface area contributed by atoms with Crippen LogP contribution >= 0.6 is 15.9 Å². The molecule has 0 aromatic heterocycles. The van der Waals surface area contributed by atoms with Gasteiger partial charge in [0.25, 0.3) is 0 Å². The van der Waals surface area contributed by atoms with Crippen molar-refractivity contribution in [3.63, 3.8) is 0 Å². The van der Waals surface area contributed by atoms with E-state index in [2.05, 4.69) is 15.9 Å². The summed E-state index contributed by atoms with van der Waals surface area (Å²) in [6.45, 7) is 1.96. The third kappa shape index (κ3) is 2.54. The number of allylic oxidation sites excluding steroid dienone is 2. The van der Waals surface area contributed by atoms with E-state index in [9.17, 15) is 9.59 Å². The number of carbonyl (C=O) groups excluding carboxylic acids is 2. The van der Waals surface area contributed by atoms with Crippen LogP contribution < -0.4 is 4.74 Å². The number of fused-ring (bicyclic) bond motifs is 1. The molecule has 0 unspecified atom stereocenters. The first-order valence-corrected chi connectivity index (χ1v) is 7.19. The number of ether oxygens (including phenoxy) is 1. The van der Waals surface area contributed by atoms with Gasteiger partial charge in [-0.25, -0.2) is 0 Å². The number of carbonyl (C=O) groups is 2. The molecule has 104 valence electrons. The average molecular weight is 343 g/mol. The topological polar surface area (TPSA) is 43.4 Å². The lowest BCUT2D eigenvalue weighted by Crippen LogP contribution is -2.20. The number of ketones is 2. The number of rotatable bonds is 2. The quantitative estimate of drug-likeness (QED) is 0.825. The highest BCUT2D eigenvalue weighted by Crippen LogP contribution is 2.27. The summed E-state index contributed by atoms with van der Waals surface area (Å²) >= 11 is 3.41. The molecule has 3 rings (SSSR count). The van der Waals surface area contributed by atoms with E-state index < -0.39 is 0 Å². The van der Waals surface area contributed by atoms with Crippen molar-refractivity contribution in [2.24, 2.45) is 0 Å². The summed E-state index contributed by atoms with van der Waals surface area (Å²) in [6, 6.07) is 12.2. The first-order valence-electron chi connectivity index (χ1n) is 6.40. The van der Waals surface area contributed by atoms with Gasteiger partial charge < -0.3 is 4.74 Å². The number of hydrogen-bond donors (Lipinski definition) is 0. The third-order valence-corrected chi connectivity index (χ3v) is 4.15. The Morgan fingerprint density at radius 1 is 1.00 bits per heavy atom. The van der Waals surface area contributed by atoms with Crippen molar-refractivity contribution < 1.29 is 14.3 Å². The first kappa shape index (κ1) is 13.8. The van der Waals surface area contributed by atoms with Crippen LogP contribution in [0.2, 0.25) is 0 Å². The summed E-state index contributed by atoms with van der Waals surface area (Å²) in [5.74, 6) is 0.0713. The van der Waals surface area contributed by atoms with E-state index in [0.29, 0.717) is 16.9 Å². The molecular weight excluding hydrogens is 332 g/mol. The monoisotopic (exact) mass is 342 g/mol. The van der Waals surface area contributed by atoms with Crippen LogP contribution in [0.3, 0.4) is 0 Å². The van der Waals surface area contributed by atoms with E-state index >= 15 is 0 Å². The van der Waals surface area contributed by atoms with Crippen molar-refractivity contribution in [2.75, 3.05) is 0 Å². The van der Waals surface area contributed by atoms with Gasteiger partial charge >= 0.3 is 0 Å². The Bertz CT molecular complexity index is 790. The van der Waals surface area contributed by atoms with Crippen LogP contribution in [0.15, 0.2) is 58.8 Å². The fraction of sp³-hybridized carbons (Fsp3) is 0.0588. The van der Waals surface area contributed by atoms with Crippen molar-refractivity contribution in [3.8, 4) is 5.75 Å². The molecule has 0 aliphatic heterocycles. The van der Waals surface area contributed by atoms with Gasteiger partial charge in [0, 0.05) is 21.7 Å². The summed E-state index contributed by atoms with van der Waals surface area (Å²) in [4.78, 5) is 24.4. The largest absolute Gasteiger partial charge is 0.453 e. The van der Waals surface area contributed by atoms with E-state index in [1.54, 1.807) is 36.4 Å². The molecule has 0 heterocycles. The fourth-order valence-electron chi connectivity index (χ4n) is 2.13. The molecule has 1 aliphatic rings. The summed E-state index contributed by atoms with van der Waals surface area (Å²) in [5.41, 5.74) is 1.86. The van der Waals surface area contributed by atoms with Crippen molar-refractivity contribution in [3.05, 3.63) is 75.5 Å². The predicted octanol–water partition coefficient (Wildman–Crippen LogP) is 4.10. The van der Waals surface area contributed by atoms with Gasteiger partial charge in [-0.2, -0.15) is 0 Å². The second-order valence-corrected chi connectivity index (χ2v) is 5.61. The molecule has 0 N–H and O–H groups in total. The maximum absolute atomic E-state index is 12.4. The Kier molecular flexibility index (Phi) is 3.47. The van der Waals surface area contributed by atoms with Gasteiger partial charge in [-0.3, -0.25) is 9.59 Å². The van der Waals surface area contributed by atoms with Gasteiger partial charge in [-0.15, -0.1) is 0 Å². The Morgan fingerprint density at radius 3 is 2.43 bits per heavy atom.